The van der Waals surface area contributed by atoms with Crippen LogP contribution in [0.15, 0.2) is 59.5 Å². The van der Waals surface area contributed by atoms with E-state index in [1.165, 1.54) is 0 Å². The normalized spacial score (nSPS) is 11.3. The number of hydrogen-bond donors (Lipinski definition) is 1. The maximum atomic E-state index is 5.99. The second-order valence-corrected chi connectivity index (χ2v) is 7.03. The van der Waals surface area contributed by atoms with E-state index in [-0.39, 0.29) is 0 Å². The molecule has 0 amide bonds. The predicted octanol–water partition coefficient (Wildman–Crippen LogP) is 4.51. The highest BCUT2D eigenvalue weighted by atomic mass is 35.5. The molecule has 8 nitrogen and oxygen atoms in total. The maximum Gasteiger partial charge on any atom is 0.254 e. The summed E-state index contributed by atoms with van der Waals surface area (Å²) in [6.45, 7) is 1.95. The first kappa shape index (κ1) is 17.4. The van der Waals surface area contributed by atoms with Crippen molar-refractivity contribution in [1.82, 2.24) is 29.3 Å². The molecule has 0 atom stereocenters. The van der Waals surface area contributed by atoms with E-state index in [2.05, 4.69) is 20.4 Å². The number of fused-ring (bicyclic) bond motifs is 1. The number of aryl methyl sites for hydroxylation is 2. The fraction of sp³-hybridized carbons (Fsp3) is 0.100. The van der Waals surface area contributed by atoms with E-state index in [1.807, 2.05) is 61.0 Å². The van der Waals surface area contributed by atoms with Gasteiger partial charge in [0.05, 0.1) is 12.6 Å². The van der Waals surface area contributed by atoms with Crippen LogP contribution in [0.4, 0.5) is 11.5 Å². The van der Waals surface area contributed by atoms with Crippen molar-refractivity contribution < 1.29 is 4.42 Å². The molecule has 144 valence electrons. The van der Waals surface area contributed by atoms with Gasteiger partial charge < -0.3 is 14.3 Å². The summed E-state index contributed by atoms with van der Waals surface area (Å²) in [6.07, 6.45) is 3.33. The Morgan fingerprint density at radius 1 is 1.10 bits per heavy atom. The van der Waals surface area contributed by atoms with E-state index in [0.29, 0.717) is 39.4 Å². The number of nitrogens with zero attached hydrogens (tertiary/aromatic N) is 6. The number of imidazole rings is 1. The van der Waals surface area contributed by atoms with Crippen LogP contribution in [0, 0.1) is 6.92 Å². The topological polar surface area (TPSA) is 86.6 Å². The molecular weight excluding hydrogens is 390 g/mol. The number of aromatic nitrogens is 6. The van der Waals surface area contributed by atoms with E-state index in [0.717, 1.165) is 11.4 Å². The molecule has 0 unspecified atom stereocenters. The van der Waals surface area contributed by atoms with E-state index in [9.17, 15) is 0 Å². The fourth-order valence-electron chi connectivity index (χ4n) is 3.07. The highest BCUT2D eigenvalue weighted by Gasteiger charge is 2.17. The highest BCUT2D eigenvalue weighted by Crippen LogP contribution is 2.26. The van der Waals surface area contributed by atoms with Gasteiger partial charge in [-0.3, -0.25) is 0 Å². The lowest BCUT2D eigenvalue weighted by Gasteiger charge is -2.09. The molecule has 0 bridgehead atoms. The lowest BCUT2D eigenvalue weighted by molar-refractivity contribution is 0.578. The summed E-state index contributed by atoms with van der Waals surface area (Å²) < 4.78 is 9.00. The van der Waals surface area contributed by atoms with Gasteiger partial charge in [0.15, 0.2) is 22.7 Å². The number of hydrogen-bond acceptors (Lipinski definition) is 6. The van der Waals surface area contributed by atoms with Crippen molar-refractivity contribution in [3.8, 4) is 17.4 Å². The molecule has 1 aromatic carbocycles. The minimum atomic E-state index is 0.438. The third-order valence-electron chi connectivity index (χ3n) is 4.51. The zero-order valence-corrected chi connectivity index (χ0v) is 16.4. The lowest BCUT2D eigenvalue weighted by Crippen LogP contribution is -2.08. The minimum absolute atomic E-state index is 0.438. The first-order valence-electron chi connectivity index (χ1n) is 8.91. The van der Waals surface area contributed by atoms with E-state index in [4.69, 9.17) is 21.0 Å². The van der Waals surface area contributed by atoms with Gasteiger partial charge in [-0.1, -0.05) is 11.6 Å². The van der Waals surface area contributed by atoms with Gasteiger partial charge in [0.2, 0.25) is 0 Å². The summed E-state index contributed by atoms with van der Waals surface area (Å²) in [7, 11) is 1.89. The Kier molecular flexibility index (Phi) is 4.06. The van der Waals surface area contributed by atoms with Crippen molar-refractivity contribution in [2.24, 2.45) is 7.05 Å². The predicted molar refractivity (Wildman–Crippen MR) is 111 cm³/mol. The van der Waals surface area contributed by atoms with Gasteiger partial charge in [0, 0.05) is 23.5 Å². The molecule has 9 heteroatoms. The zero-order valence-electron chi connectivity index (χ0n) is 15.7. The van der Waals surface area contributed by atoms with Gasteiger partial charge in [0.1, 0.15) is 5.69 Å². The molecule has 0 saturated carbocycles. The molecule has 1 N–H and O–H groups in total. The molecule has 0 radical (unpaired) electrons. The number of anilines is 2. The van der Waals surface area contributed by atoms with Gasteiger partial charge >= 0.3 is 0 Å². The fourth-order valence-corrected chi connectivity index (χ4v) is 3.19. The standard InChI is InChI=1S/C20H16ClN7O/c1-12-10-15(16-4-3-9-29-16)26-28(12)20-24-18(17-19(25-20)27(2)11-22-17)23-14-7-5-13(21)6-8-14/h3-11H,1-2H3,(H,23,24,25). The third-order valence-corrected chi connectivity index (χ3v) is 4.76. The van der Waals surface area contributed by atoms with Crippen LogP contribution in [0.25, 0.3) is 28.6 Å². The van der Waals surface area contributed by atoms with Gasteiger partial charge in [0.25, 0.3) is 5.95 Å². The average molecular weight is 406 g/mol. The molecule has 0 aliphatic carbocycles. The zero-order chi connectivity index (χ0) is 20.0. The molecule has 0 saturated heterocycles. The molecule has 0 aliphatic rings. The molecule has 4 aromatic heterocycles. The number of nitrogens with one attached hydrogen (secondary N) is 1. The summed E-state index contributed by atoms with van der Waals surface area (Å²) >= 11 is 5.99. The Labute approximate surface area is 170 Å². The van der Waals surface area contributed by atoms with Crippen LogP contribution in [-0.2, 0) is 7.05 Å². The summed E-state index contributed by atoms with van der Waals surface area (Å²) in [5, 5.41) is 8.60. The highest BCUT2D eigenvalue weighted by molar-refractivity contribution is 6.30. The molecule has 0 fully saturated rings. The van der Waals surface area contributed by atoms with Gasteiger partial charge in [-0.25, -0.2) is 9.67 Å². The van der Waals surface area contributed by atoms with Crippen molar-refractivity contribution in [2.45, 2.75) is 6.92 Å². The first-order valence-corrected chi connectivity index (χ1v) is 9.29. The van der Waals surface area contributed by atoms with Gasteiger partial charge in [-0.15, -0.1) is 0 Å². The average Bonchev–Trinajstić information content (AvgIpc) is 3.44. The largest absolute Gasteiger partial charge is 0.463 e. The van der Waals surface area contributed by atoms with Crippen molar-refractivity contribution in [2.75, 3.05) is 5.32 Å². The monoisotopic (exact) mass is 405 g/mol. The van der Waals surface area contributed by atoms with Crippen LogP contribution in [-0.4, -0.2) is 29.3 Å². The molecule has 5 rings (SSSR count). The molecule has 5 aromatic rings. The molecule has 4 heterocycles. The summed E-state index contributed by atoms with van der Waals surface area (Å²) in [4.78, 5) is 13.8. The van der Waals surface area contributed by atoms with Crippen LogP contribution in [0.5, 0.6) is 0 Å². The smallest absolute Gasteiger partial charge is 0.254 e. The first-order chi connectivity index (χ1) is 14.1. The maximum absolute atomic E-state index is 5.99. The number of benzene rings is 1. The number of rotatable bonds is 4. The number of furan rings is 1. The van der Waals surface area contributed by atoms with E-state index < -0.39 is 0 Å². The SMILES string of the molecule is Cc1cc(-c2ccco2)nn1-c1nc(Nc2ccc(Cl)cc2)c2ncn(C)c2n1. The second-order valence-electron chi connectivity index (χ2n) is 6.59. The summed E-state index contributed by atoms with van der Waals surface area (Å²) in [6, 6.07) is 13.0. The van der Waals surface area contributed by atoms with Crippen LogP contribution in [0.2, 0.25) is 5.02 Å². The summed E-state index contributed by atoms with van der Waals surface area (Å²) in [5.74, 6) is 1.71. The summed E-state index contributed by atoms with van der Waals surface area (Å²) in [5.41, 5.74) is 3.81. The van der Waals surface area contributed by atoms with Crippen molar-refractivity contribution in [3.63, 3.8) is 0 Å². The van der Waals surface area contributed by atoms with E-state index >= 15 is 0 Å². The van der Waals surface area contributed by atoms with Gasteiger partial charge in [-0.05, 0) is 49.4 Å². The third kappa shape index (κ3) is 3.13. The Morgan fingerprint density at radius 2 is 1.93 bits per heavy atom. The quantitative estimate of drug-likeness (QED) is 0.473. The Bertz CT molecular complexity index is 1300. The molecule has 29 heavy (non-hydrogen) atoms. The van der Waals surface area contributed by atoms with Crippen LogP contribution >= 0.6 is 11.6 Å². The number of halogens is 1. The van der Waals surface area contributed by atoms with Crippen molar-refractivity contribution in [1.29, 1.82) is 0 Å². The molecular formula is C20H16ClN7O. The lowest BCUT2D eigenvalue weighted by atomic mass is 10.3. The Morgan fingerprint density at radius 3 is 2.69 bits per heavy atom. The second kappa shape index (κ2) is 6.75. The van der Waals surface area contributed by atoms with Crippen LogP contribution in [0.1, 0.15) is 5.69 Å². The van der Waals surface area contributed by atoms with Crippen LogP contribution in [0.3, 0.4) is 0 Å². The molecule has 0 aliphatic heterocycles. The van der Waals surface area contributed by atoms with Crippen molar-refractivity contribution in [3.05, 3.63) is 65.8 Å². The van der Waals surface area contributed by atoms with E-state index in [1.54, 1.807) is 17.3 Å². The minimum Gasteiger partial charge on any atom is -0.463 e. The molecule has 0 spiro atoms. The van der Waals surface area contributed by atoms with Crippen molar-refractivity contribution >= 4 is 34.3 Å². The van der Waals surface area contributed by atoms with Crippen LogP contribution < -0.4 is 5.32 Å². The Hall–Kier alpha value is -3.65. The Balaban J connectivity index is 1.63. The van der Waals surface area contributed by atoms with Gasteiger partial charge in [-0.2, -0.15) is 15.1 Å².